The lowest BCUT2D eigenvalue weighted by atomic mass is 10.2. The van der Waals surface area contributed by atoms with Crippen molar-refractivity contribution in [2.75, 3.05) is 29.4 Å². The molecule has 3 aromatic carbocycles. The van der Waals surface area contributed by atoms with Gasteiger partial charge < -0.3 is 14.8 Å². The van der Waals surface area contributed by atoms with Crippen molar-refractivity contribution in [1.29, 1.82) is 0 Å². The molecule has 0 aromatic heterocycles. The molecule has 8 heteroatoms. The summed E-state index contributed by atoms with van der Waals surface area (Å²) in [5.41, 5.74) is 2.08. The third-order valence-electron chi connectivity index (χ3n) is 5.02. The molecule has 1 amide bonds. The molecule has 0 saturated heterocycles. The van der Waals surface area contributed by atoms with Crippen molar-refractivity contribution >= 4 is 27.3 Å². The molecule has 1 aliphatic rings. The van der Waals surface area contributed by atoms with Crippen LogP contribution in [0.4, 0.5) is 11.4 Å². The van der Waals surface area contributed by atoms with Gasteiger partial charge in [0.25, 0.3) is 10.0 Å². The fraction of sp³-hybridized carbons (Fsp3) is 0.208. The van der Waals surface area contributed by atoms with Crippen molar-refractivity contribution in [2.24, 2.45) is 0 Å². The molecular formula is C24H24N2O5S. The van der Waals surface area contributed by atoms with Crippen LogP contribution in [0.15, 0.2) is 77.7 Å². The second-order valence-corrected chi connectivity index (χ2v) is 9.24. The van der Waals surface area contributed by atoms with Crippen LogP contribution in [0.2, 0.25) is 0 Å². The third-order valence-corrected chi connectivity index (χ3v) is 6.86. The van der Waals surface area contributed by atoms with Crippen molar-refractivity contribution < 1.29 is 22.7 Å². The Morgan fingerprint density at radius 1 is 0.938 bits per heavy atom. The molecule has 3 aromatic rings. The van der Waals surface area contributed by atoms with Crippen LogP contribution < -0.4 is 19.1 Å². The van der Waals surface area contributed by atoms with Crippen LogP contribution in [-0.2, 0) is 14.8 Å². The van der Waals surface area contributed by atoms with E-state index < -0.39 is 10.0 Å². The van der Waals surface area contributed by atoms with Crippen LogP contribution in [0.1, 0.15) is 12.0 Å². The van der Waals surface area contributed by atoms with Crippen molar-refractivity contribution in [3.05, 3.63) is 78.4 Å². The lowest BCUT2D eigenvalue weighted by molar-refractivity contribution is -0.116. The molecule has 0 fully saturated rings. The Morgan fingerprint density at radius 2 is 1.62 bits per heavy atom. The van der Waals surface area contributed by atoms with E-state index in [0.29, 0.717) is 36.1 Å². The number of carbonyl (C=O) groups excluding carboxylic acids is 1. The number of amides is 1. The number of aryl methyl sites for hydroxylation is 1. The van der Waals surface area contributed by atoms with E-state index in [9.17, 15) is 13.2 Å². The van der Waals surface area contributed by atoms with Crippen LogP contribution in [0.5, 0.6) is 11.5 Å². The second kappa shape index (κ2) is 9.32. The number of nitrogens with zero attached hydrogens (tertiary/aromatic N) is 1. The summed E-state index contributed by atoms with van der Waals surface area (Å²) in [6, 6.07) is 20.5. The van der Waals surface area contributed by atoms with Crippen LogP contribution in [-0.4, -0.2) is 34.1 Å². The standard InChI is InChI=1S/C24H24N2O5S/c1-18-7-10-20(11-8-18)26(32(28,29)21-5-3-2-4-6-21)14-13-24(27)25-19-9-12-22-23(17-19)31-16-15-30-22/h2-12,17H,13-16H2,1H3,(H,25,27). The summed E-state index contributed by atoms with van der Waals surface area (Å²) in [4.78, 5) is 12.8. The van der Waals surface area contributed by atoms with Gasteiger partial charge in [-0.3, -0.25) is 9.10 Å². The van der Waals surface area contributed by atoms with Gasteiger partial charge in [0.1, 0.15) is 13.2 Å². The fourth-order valence-electron chi connectivity index (χ4n) is 3.37. The smallest absolute Gasteiger partial charge is 0.264 e. The molecule has 0 radical (unpaired) electrons. The molecule has 1 heterocycles. The SMILES string of the molecule is Cc1ccc(N(CCC(=O)Nc2ccc3c(c2)OCCO3)S(=O)(=O)c2ccccc2)cc1. The number of nitrogens with one attached hydrogen (secondary N) is 1. The number of hydrogen-bond donors (Lipinski definition) is 1. The zero-order valence-electron chi connectivity index (χ0n) is 17.7. The van der Waals surface area contributed by atoms with Gasteiger partial charge in [-0.2, -0.15) is 0 Å². The first-order valence-corrected chi connectivity index (χ1v) is 11.7. The predicted molar refractivity (Wildman–Crippen MR) is 123 cm³/mol. The predicted octanol–water partition coefficient (Wildman–Crippen LogP) is 3.99. The lowest BCUT2D eigenvalue weighted by Gasteiger charge is -2.24. The highest BCUT2D eigenvalue weighted by Gasteiger charge is 2.25. The molecule has 32 heavy (non-hydrogen) atoms. The van der Waals surface area contributed by atoms with Crippen LogP contribution in [0, 0.1) is 6.92 Å². The van der Waals surface area contributed by atoms with E-state index in [-0.39, 0.29) is 23.8 Å². The van der Waals surface area contributed by atoms with E-state index in [2.05, 4.69) is 5.32 Å². The number of benzene rings is 3. The summed E-state index contributed by atoms with van der Waals surface area (Å²) < 4.78 is 38.9. The highest BCUT2D eigenvalue weighted by molar-refractivity contribution is 7.92. The summed E-state index contributed by atoms with van der Waals surface area (Å²) in [5, 5.41) is 2.80. The summed E-state index contributed by atoms with van der Waals surface area (Å²) in [5.74, 6) is 0.901. The zero-order valence-corrected chi connectivity index (χ0v) is 18.5. The molecule has 166 valence electrons. The Morgan fingerprint density at radius 3 is 2.34 bits per heavy atom. The van der Waals surface area contributed by atoms with Crippen LogP contribution in [0.25, 0.3) is 0 Å². The number of anilines is 2. The number of hydrogen-bond acceptors (Lipinski definition) is 5. The van der Waals surface area contributed by atoms with Crippen molar-refractivity contribution in [1.82, 2.24) is 0 Å². The van der Waals surface area contributed by atoms with Crippen molar-refractivity contribution in [2.45, 2.75) is 18.2 Å². The largest absolute Gasteiger partial charge is 0.486 e. The van der Waals surface area contributed by atoms with E-state index in [0.717, 1.165) is 5.56 Å². The monoisotopic (exact) mass is 452 g/mol. The lowest BCUT2D eigenvalue weighted by Crippen LogP contribution is -2.34. The minimum atomic E-state index is -3.83. The minimum absolute atomic E-state index is 0.00330. The van der Waals surface area contributed by atoms with Gasteiger partial charge in [0.15, 0.2) is 11.5 Å². The average molecular weight is 453 g/mol. The van der Waals surface area contributed by atoms with E-state index in [4.69, 9.17) is 9.47 Å². The normalized spacial score (nSPS) is 12.8. The fourth-order valence-corrected chi connectivity index (χ4v) is 4.85. The topological polar surface area (TPSA) is 84.9 Å². The first-order valence-electron chi connectivity index (χ1n) is 10.3. The Bertz CT molecular complexity index is 1190. The molecule has 0 atom stereocenters. The van der Waals surface area contributed by atoms with Crippen LogP contribution in [0.3, 0.4) is 0 Å². The van der Waals surface area contributed by atoms with E-state index >= 15 is 0 Å². The molecule has 0 aliphatic carbocycles. The number of carbonyl (C=O) groups is 1. The first kappa shape index (κ1) is 21.7. The Hall–Kier alpha value is -3.52. The minimum Gasteiger partial charge on any atom is -0.486 e. The third kappa shape index (κ3) is 4.86. The highest BCUT2D eigenvalue weighted by Crippen LogP contribution is 2.32. The van der Waals surface area contributed by atoms with Crippen LogP contribution >= 0.6 is 0 Å². The van der Waals surface area contributed by atoms with E-state index in [1.165, 1.54) is 4.31 Å². The van der Waals surface area contributed by atoms with Gasteiger partial charge in [0.05, 0.1) is 10.6 Å². The number of sulfonamides is 1. The van der Waals surface area contributed by atoms with E-state index in [1.807, 2.05) is 19.1 Å². The van der Waals surface area contributed by atoms with Gasteiger partial charge in [-0.25, -0.2) is 8.42 Å². The van der Waals surface area contributed by atoms with Gasteiger partial charge in [-0.05, 0) is 43.3 Å². The van der Waals surface area contributed by atoms with E-state index in [1.54, 1.807) is 60.7 Å². The molecule has 0 bridgehead atoms. The van der Waals surface area contributed by atoms with Gasteiger partial charge >= 0.3 is 0 Å². The maximum atomic E-state index is 13.3. The van der Waals surface area contributed by atoms with Crippen molar-refractivity contribution in [3.63, 3.8) is 0 Å². The number of rotatable bonds is 7. The maximum absolute atomic E-state index is 13.3. The molecule has 0 saturated carbocycles. The summed E-state index contributed by atoms with van der Waals surface area (Å²) in [6.07, 6.45) is -0.0195. The summed E-state index contributed by atoms with van der Waals surface area (Å²) >= 11 is 0. The Labute approximate surface area is 187 Å². The molecule has 7 nitrogen and oxygen atoms in total. The molecule has 0 spiro atoms. The molecule has 0 unspecified atom stereocenters. The zero-order chi connectivity index (χ0) is 22.6. The summed E-state index contributed by atoms with van der Waals surface area (Å²) in [7, 11) is -3.83. The number of ether oxygens (including phenoxy) is 2. The maximum Gasteiger partial charge on any atom is 0.264 e. The Kier molecular flexibility index (Phi) is 6.32. The van der Waals surface area contributed by atoms with Gasteiger partial charge in [0.2, 0.25) is 5.91 Å². The quantitative estimate of drug-likeness (QED) is 0.586. The van der Waals surface area contributed by atoms with Crippen molar-refractivity contribution in [3.8, 4) is 11.5 Å². The van der Waals surface area contributed by atoms with Gasteiger partial charge in [-0.15, -0.1) is 0 Å². The molecule has 1 aliphatic heterocycles. The first-order chi connectivity index (χ1) is 15.4. The average Bonchev–Trinajstić information content (AvgIpc) is 2.81. The van der Waals surface area contributed by atoms with Gasteiger partial charge in [0, 0.05) is 24.7 Å². The molecular weight excluding hydrogens is 428 g/mol. The second-order valence-electron chi connectivity index (χ2n) is 7.38. The van der Waals surface area contributed by atoms with Gasteiger partial charge in [-0.1, -0.05) is 35.9 Å². The molecule has 1 N–H and O–H groups in total. The Balaban J connectivity index is 1.51. The summed E-state index contributed by atoms with van der Waals surface area (Å²) in [6.45, 7) is 2.87. The molecule has 4 rings (SSSR count). The highest BCUT2D eigenvalue weighted by atomic mass is 32.2. The number of fused-ring (bicyclic) bond motifs is 1.